The Kier molecular flexibility index (Phi) is 11.7. The highest BCUT2D eigenvalue weighted by molar-refractivity contribution is 7.93. The number of piperidine rings is 1. The first-order valence-electron chi connectivity index (χ1n) is 16.0. The van der Waals surface area contributed by atoms with Crippen LogP contribution < -0.4 is 4.74 Å². The molecule has 2 N–H and O–H groups in total. The van der Waals surface area contributed by atoms with Crippen molar-refractivity contribution in [1.29, 1.82) is 4.78 Å². The maximum Gasteiger partial charge on any atom is 0.335 e. The number of benzene rings is 3. The van der Waals surface area contributed by atoms with Crippen molar-refractivity contribution < 1.29 is 28.4 Å². The van der Waals surface area contributed by atoms with E-state index in [4.69, 9.17) is 32.7 Å². The molecule has 0 radical (unpaired) electrons. The van der Waals surface area contributed by atoms with E-state index in [1.54, 1.807) is 49.9 Å². The predicted octanol–water partition coefficient (Wildman–Crippen LogP) is 8.45. The van der Waals surface area contributed by atoms with Gasteiger partial charge >= 0.3 is 5.97 Å². The van der Waals surface area contributed by atoms with E-state index >= 15 is 4.79 Å². The summed E-state index contributed by atoms with van der Waals surface area (Å²) in [7, 11) is -1.68. The lowest BCUT2D eigenvalue weighted by Gasteiger charge is -2.53. The molecular formula is C37H44Cl2N2O6S. The van der Waals surface area contributed by atoms with E-state index in [1.165, 1.54) is 19.2 Å². The van der Waals surface area contributed by atoms with Crippen molar-refractivity contribution in [3.05, 3.63) is 99.0 Å². The summed E-state index contributed by atoms with van der Waals surface area (Å²) in [5, 5.41) is 10.1. The summed E-state index contributed by atoms with van der Waals surface area (Å²) in [6.07, 6.45) is 0.166. The molecule has 0 aromatic heterocycles. The van der Waals surface area contributed by atoms with E-state index in [1.807, 2.05) is 44.2 Å². The van der Waals surface area contributed by atoms with Crippen LogP contribution in [0.1, 0.15) is 86.5 Å². The van der Waals surface area contributed by atoms with Crippen LogP contribution in [0.15, 0.2) is 66.7 Å². The molecule has 0 bridgehead atoms. The van der Waals surface area contributed by atoms with Gasteiger partial charge in [-0.3, -0.25) is 14.4 Å². The molecular weight excluding hydrogens is 671 g/mol. The average Bonchev–Trinajstić information content (AvgIpc) is 3.01. The second-order valence-electron chi connectivity index (χ2n) is 13.6. The van der Waals surface area contributed by atoms with E-state index in [9.17, 15) is 18.9 Å². The molecule has 3 aromatic carbocycles. The molecule has 8 nitrogen and oxygen atoms in total. The Balaban J connectivity index is 1.86. The van der Waals surface area contributed by atoms with Crippen molar-refractivity contribution in [2.75, 3.05) is 12.9 Å². The SMILES string of the molecule is COc1cc(C(=O)O)ccc1CC(=O)C[C@@]1(C)C[C@H](c2cccc(Cl)c2)[C@@H](c2ccc(Cl)cc2)N([C@H](CS(=N)(=O)C(C)C)C(C)C)C1=O. The Morgan fingerprint density at radius 1 is 1.02 bits per heavy atom. The van der Waals surface area contributed by atoms with Crippen LogP contribution in [0.4, 0.5) is 0 Å². The molecule has 11 heteroatoms. The Bertz CT molecular complexity index is 1780. The summed E-state index contributed by atoms with van der Waals surface area (Å²) in [6.45, 7) is 9.25. The number of amides is 1. The number of ketones is 1. The third-order valence-corrected chi connectivity index (χ3v) is 12.3. The number of carboxylic acids is 1. The Labute approximate surface area is 293 Å². The molecule has 1 aliphatic rings. The van der Waals surface area contributed by atoms with Crippen LogP contribution in [0, 0.1) is 16.1 Å². The molecule has 0 saturated carbocycles. The lowest BCUT2D eigenvalue weighted by atomic mass is 9.66. The number of halogens is 2. The van der Waals surface area contributed by atoms with Gasteiger partial charge in [0, 0.05) is 55.4 Å². The molecule has 0 aliphatic carbocycles. The molecule has 258 valence electrons. The number of Topliss-reactive ketones (excluding diaryl/α,β-unsaturated/α-hetero) is 1. The molecule has 5 atom stereocenters. The topological polar surface area (TPSA) is 125 Å². The van der Waals surface area contributed by atoms with E-state index in [2.05, 4.69) is 0 Å². The molecule has 48 heavy (non-hydrogen) atoms. The van der Waals surface area contributed by atoms with Gasteiger partial charge in [0.1, 0.15) is 11.5 Å². The van der Waals surface area contributed by atoms with Crippen LogP contribution >= 0.6 is 23.2 Å². The smallest absolute Gasteiger partial charge is 0.335 e. The Hall–Kier alpha value is -3.40. The normalized spacial score (nSPS) is 21.6. The zero-order valence-corrected chi connectivity index (χ0v) is 30.5. The average molecular weight is 716 g/mol. The molecule has 1 heterocycles. The standard InChI is InChI=1S/C37H44Cl2N2O6S/c1-22(2)32(21-48(40,46)23(3)4)41-34(24-12-14-28(38)15-13-24)31(25-8-7-9-29(39)16-25)20-37(5,36(41)45)19-30(42)17-26-10-11-27(35(43)44)18-33(26)47-6/h7-16,18,22-23,31-32,34,40H,17,19-21H2,1-6H3,(H,43,44)/t31-,32-,34-,37+,48?/m1/s1. The lowest BCUT2D eigenvalue weighted by Crippen LogP contribution is -2.59. The number of nitrogens with one attached hydrogen (secondary N) is 1. The number of rotatable bonds is 13. The van der Waals surface area contributed by atoms with Gasteiger partial charge in [-0.25, -0.2) is 9.00 Å². The van der Waals surface area contributed by atoms with Crippen molar-refractivity contribution in [2.45, 2.75) is 77.1 Å². The highest BCUT2D eigenvalue weighted by atomic mass is 35.5. The van der Waals surface area contributed by atoms with Gasteiger partial charge in [-0.05, 0) is 59.9 Å². The minimum atomic E-state index is -3.09. The van der Waals surface area contributed by atoms with Crippen molar-refractivity contribution in [1.82, 2.24) is 4.90 Å². The predicted molar refractivity (Wildman–Crippen MR) is 191 cm³/mol. The third kappa shape index (κ3) is 8.24. The molecule has 4 rings (SSSR count). The van der Waals surface area contributed by atoms with Gasteiger partial charge < -0.3 is 14.7 Å². The van der Waals surface area contributed by atoms with Crippen molar-refractivity contribution in [3.8, 4) is 5.75 Å². The molecule has 1 saturated heterocycles. The van der Waals surface area contributed by atoms with Gasteiger partial charge in [-0.1, -0.05) is 88.2 Å². The summed E-state index contributed by atoms with van der Waals surface area (Å²) >= 11 is 12.8. The largest absolute Gasteiger partial charge is 0.496 e. The van der Waals surface area contributed by atoms with Gasteiger partial charge in [0.25, 0.3) is 0 Å². The fourth-order valence-electron chi connectivity index (χ4n) is 6.68. The Morgan fingerprint density at radius 3 is 2.25 bits per heavy atom. The van der Waals surface area contributed by atoms with Gasteiger partial charge in [0.05, 0.1) is 29.9 Å². The summed E-state index contributed by atoms with van der Waals surface area (Å²) < 4.78 is 27.9. The maximum atomic E-state index is 15.1. The number of carbonyl (C=O) groups excluding carboxylic acids is 2. The summed E-state index contributed by atoms with van der Waals surface area (Å²) in [5.41, 5.74) is 1.11. The van der Waals surface area contributed by atoms with Crippen LogP contribution in [0.5, 0.6) is 5.75 Å². The van der Waals surface area contributed by atoms with E-state index in [0.29, 0.717) is 22.0 Å². The minimum absolute atomic E-state index is 0.0163. The number of carbonyl (C=O) groups is 3. The zero-order chi connectivity index (χ0) is 35.6. The second-order valence-corrected chi connectivity index (χ2v) is 17.2. The summed E-state index contributed by atoms with van der Waals surface area (Å²) in [4.78, 5) is 42.2. The molecule has 3 aromatic rings. The number of aromatic carboxylic acids is 1. The minimum Gasteiger partial charge on any atom is -0.496 e. The fourth-order valence-corrected chi connectivity index (χ4v) is 8.45. The zero-order valence-electron chi connectivity index (χ0n) is 28.2. The van der Waals surface area contributed by atoms with Gasteiger partial charge in [-0.2, -0.15) is 0 Å². The van der Waals surface area contributed by atoms with Crippen LogP contribution in [0.3, 0.4) is 0 Å². The number of hydrogen-bond donors (Lipinski definition) is 2. The van der Waals surface area contributed by atoms with Crippen molar-refractivity contribution in [2.24, 2.45) is 11.3 Å². The first-order chi connectivity index (χ1) is 22.5. The summed E-state index contributed by atoms with van der Waals surface area (Å²) in [5.74, 6) is -1.78. The first kappa shape index (κ1) is 37.4. The van der Waals surface area contributed by atoms with E-state index < -0.39 is 38.4 Å². The number of likely N-dealkylation sites (tertiary alicyclic amines) is 1. The quantitative estimate of drug-likeness (QED) is 0.183. The van der Waals surface area contributed by atoms with E-state index in [-0.39, 0.29) is 53.4 Å². The van der Waals surface area contributed by atoms with Crippen LogP contribution in [0.2, 0.25) is 10.0 Å². The number of methoxy groups -OCH3 is 1. The number of carboxylic acid groups (broad SMARTS) is 1. The molecule has 1 aliphatic heterocycles. The van der Waals surface area contributed by atoms with Crippen LogP contribution in [-0.4, -0.2) is 56.0 Å². The third-order valence-electron chi connectivity index (χ3n) is 9.41. The highest BCUT2D eigenvalue weighted by Crippen LogP contribution is 2.53. The van der Waals surface area contributed by atoms with E-state index in [0.717, 1.165) is 11.1 Å². The highest BCUT2D eigenvalue weighted by Gasteiger charge is 2.53. The van der Waals surface area contributed by atoms with Crippen molar-refractivity contribution >= 4 is 50.6 Å². The number of hydrogen-bond acceptors (Lipinski definition) is 6. The number of ether oxygens (including phenoxy) is 1. The molecule has 0 spiro atoms. The molecule has 1 fully saturated rings. The van der Waals surface area contributed by atoms with Gasteiger partial charge in [-0.15, -0.1) is 0 Å². The van der Waals surface area contributed by atoms with Crippen molar-refractivity contribution in [3.63, 3.8) is 0 Å². The van der Waals surface area contributed by atoms with Gasteiger partial charge in [0.15, 0.2) is 0 Å². The van der Waals surface area contributed by atoms with Crippen LogP contribution in [-0.2, 0) is 25.7 Å². The Morgan fingerprint density at radius 2 is 1.69 bits per heavy atom. The lowest BCUT2D eigenvalue weighted by molar-refractivity contribution is -0.157. The van der Waals surface area contributed by atoms with Gasteiger partial charge in [0.2, 0.25) is 5.91 Å². The molecule has 1 amide bonds. The maximum absolute atomic E-state index is 15.1. The van der Waals surface area contributed by atoms with Crippen LogP contribution in [0.25, 0.3) is 0 Å². The number of nitrogens with zero attached hydrogens (tertiary/aromatic N) is 1. The molecule has 1 unspecified atom stereocenters. The first-order valence-corrected chi connectivity index (χ1v) is 18.5. The second kappa shape index (κ2) is 15.0. The fraction of sp³-hybridized carbons (Fsp3) is 0.432. The monoisotopic (exact) mass is 714 g/mol. The summed E-state index contributed by atoms with van der Waals surface area (Å²) in [6, 6.07) is 18.1.